The van der Waals surface area contributed by atoms with Crippen molar-refractivity contribution in [3.8, 4) is 0 Å². The first-order chi connectivity index (χ1) is 36.6. The van der Waals surface area contributed by atoms with E-state index in [0.717, 1.165) is 44.9 Å². The van der Waals surface area contributed by atoms with E-state index in [1.807, 2.05) is 6.08 Å². The smallest absolute Gasteiger partial charge is 0.220 e. The molecule has 9 N–H and O–H groups in total. The molecule has 0 bridgehead atoms. The van der Waals surface area contributed by atoms with Crippen molar-refractivity contribution in [3.05, 3.63) is 36.5 Å². The van der Waals surface area contributed by atoms with E-state index in [9.17, 15) is 45.6 Å². The average molecular weight is 1070 g/mol. The Morgan fingerprint density at radius 3 is 1.31 bits per heavy atom. The quantitative estimate of drug-likeness (QED) is 0.0204. The Kier molecular flexibility index (Phi) is 43.5. The fraction of sp³-hybridized carbons (Fsp3) is 0.885. The van der Waals surface area contributed by atoms with Gasteiger partial charge in [0.1, 0.15) is 48.8 Å². The van der Waals surface area contributed by atoms with Crippen LogP contribution in [0.1, 0.15) is 251 Å². The number of hydrogen-bond donors (Lipinski definition) is 9. The predicted molar refractivity (Wildman–Crippen MR) is 300 cm³/mol. The van der Waals surface area contributed by atoms with Gasteiger partial charge in [-0.2, -0.15) is 0 Å². The second-order valence-electron chi connectivity index (χ2n) is 21.8. The molecule has 2 fully saturated rings. The minimum Gasteiger partial charge on any atom is -0.394 e. The first-order valence-electron chi connectivity index (χ1n) is 30.7. The number of hydrogen-bond acceptors (Lipinski definition) is 13. The van der Waals surface area contributed by atoms with Crippen molar-refractivity contribution < 1.29 is 64.6 Å². The SMILES string of the molecule is CCCCCCCCCCCCCCCCCCCC/C=C/CC/C=C/CC/C=C/C(O)C(COC1OC(CO)C(OC2OC(CO)C(O)C(O)C2O)C(O)C1O)NC(=O)CCCCCCCCCCCCCCC. The number of aliphatic hydroxyl groups excluding tert-OH is 8. The van der Waals surface area contributed by atoms with Gasteiger partial charge in [0.2, 0.25) is 5.91 Å². The summed E-state index contributed by atoms with van der Waals surface area (Å²) < 4.78 is 22.7. The molecule has 2 heterocycles. The standard InChI is InChI=1S/C61H113NO13/c1-3-5-7-9-11-13-15-17-18-19-20-21-22-23-24-25-26-27-28-29-30-31-33-34-36-38-40-42-44-50(65)49(62-53(66)45-43-41-39-37-35-32-16-14-12-10-8-6-4-2)48-72-60-58(71)56(69)59(52(47-64)74-60)75-61-57(70)55(68)54(67)51(46-63)73-61/h29-30,34,36,42,44,49-52,54-61,63-65,67-71H,3-28,31-33,35,37-41,43,45-48H2,1-2H3,(H,62,66)/b30-29+,36-34+,44-42+. The summed E-state index contributed by atoms with van der Waals surface area (Å²) in [6, 6.07) is -0.935. The molecule has 1 amide bonds. The molecule has 0 aromatic carbocycles. The zero-order valence-electron chi connectivity index (χ0n) is 47.3. The molecule has 0 aliphatic carbocycles. The molecule has 440 valence electrons. The molecule has 2 rings (SSSR count). The first-order valence-corrected chi connectivity index (χ1v) is 30.7. The van der Waals surface area contributed by atoms with Gasteiger partial charge in [-0.05, 0) is 44.9 Å². The molecule has 2 aliphatic rings. The van der Waals surface area contributed by atoms with E-state index >= 15 is 0 Å². The molecular formula is C61H113NO13. The summed E-state index contributed by atoms with van der Waals surface area (Å²) in [6.07, 6.45) is 40.6. The number of nitrogens with one attached hydrogen (secondary N) is 1. The lowest BCUT2D eigenvalue weighted by Gasteiger charge is -2.46. The third-order valence-corrected chi connectivity index (χ3v) is 15.1. The summed E-state index contributed by atoms with van der Waals surface area (Å²) in [5, 5.41) is 87.0. The number of rotatable bonds is 49. The van der Waals surface area contributed by atoms with Crippen LogP contribution in [0.15, 0.2) is 36.5 Å². The van der Waals surface area contributed by atoms with E-state index in [2.05, 4.69) is 43.5 Å². The first kappa shape index (κ1) is 69.3. The number of aliphatic hydroxyl groups is 8. The molecule has 0 saturated carbocycles. The second kappa shape index (κ2) is 47.1. The number of carbonyl (C=O) groups excluding carboxylic acids is 1. The normalized spacial score (nSPS) is 25.3. The van der Waals surface area contributed by atoms with Gasteiger partial charge in [-0.1, -0.05) is 237 Å². The lowest BCUT2D eigenvalue weighted by molar-refractivity contribution is -0.359. The van der Waals surface area contributed by atoms with Crippen LogP contribution in [0, 0.1) is 0 Å². The maximum absolute atomic E-state index is 13.2. The minimum absolute atomic E-state index is 0.252. The molecule has 0 radical (unpaired) electrons. The van der Waals surface area contributed by atoms with Crippen LogP contribution in [0.3, 0.4) is 0 Å². The van der Waals surface area contributed by atoms with Crippen molar-refractivity contribution in [1.82, 2.24) is 5.32 Å². The maximum atomic E-state index is 13.2. The highest BCUT2D eigenvalue weighted by atomic mass is 16.7. The Labute approximate surface area is 455 Å². The Balaban J connectivity index is 1.74. The van der Waals surface area contributed by atoms with Crippen molar-refractivity contribution >= 4 is 5.91 Å². The van der Waals surface area contributed by atoms with E-state index in [0.29, 0.717) is 12.8 Å². The van der Waals surface area contributed by atoms with Crippen LogP contribution in [0.2, 0.25) is 0 Å². The molecule has 0 aromatic heterocycles. The molecule has 2 aliphatic heterocycles. The maximum Gasteiger partial charge on any atom is 0.220 e. The Hall–Kier alpha value is -1.79. The van der Waals surface area contributed by atoms with Crippen LogP contribution >= 0.6 is 0 Å². The number of unbranched alkanes of at least 4 members (excludes halogenated alkanes) is 32. The highest BCUT2D eigenvalue weighted by Crippen LogP contribution is 2.30. The molecular weight excluding hydrogens is 955 g/mol. The fourth-order valence-corrected chi connectivity index (χ4v) is 10.1. The van der Waals surface area contributed by atoms with Gasteiger partial charge < -0.3 is 65.1 Å². The monoisotopic (exact) mass is 1070 g/mol. The molecule has 0 aromatic rings. The van der Waals surface area contributed by atoms with Gasteiger partial charge in [0.05, 0.1) is 32.0 Å². The zero-order valence-corrected chi connectivity index (χ0v) is 47.3. The largest absolute Gasteiger partial charge is 0.394 e. The lowest BCUT2D eigenvalue weighted by Crippen LogP contribution is -2.65. The molecule has 14 heteroatoms. The molecule has 12 unspecified atom stereocenters. The van der Waals surface area contributed by atoms with Crippen LogP contribution in [-0.4, -0.2) is 140 Å². The lowest BCUT2D eigenvalue weighted by atomic mass is 9.97. The van der Waals surface area contributed by atoms with Crippen molar-refractivity contribution in [2.45, 2.75) is 325 Å². The number of carbonyl (C=O) groups is 1. The van der Waals surface area contributed by atoms with Crippen LogP contribution in [0.5, 0.6) is 0 Å². The van der Waals surface area contributed by atoms with Crippen molar-refractivity contribution in [1.29, 1.82) is 0 Å². The summed E-state index contributed by atoms with van der Waals surface area (Å²) in [5.74, 6) is -0.252. The number of ether oxygens (including phenoxy) is 4. The minimum atomic E-state index is -1.79. The summed E-state index contributed by atoms with van der Waals surface area (Å²) in [4.78, 5) is 13.2. The van der Waals surface area contributed by atoms with E-state index in [1.54, 1.807) is 6.08 Å². The van der Waals surface area contributed by atoms with Crippen molar-refractivity contribution in [3.63, 3.8) is 0 Å². The Morgan fingerprint density at radius 2 is 0.853 bits per heavy atom. The van der Waals surface area contributed by atoms with Crippen LogP contribution in [0.4, 0.5) is 0 Å². The van der Waals surface area contributed by atoms with E-state index in [-0.39, 0.29) is 18.9 Å². The Morgan fingerprint density at radius 1 is 0.467 bits per heavy atom. The summed E-state index contributed by atoms with van der Waals surface area (Å²) >= 11 is 0. The van der Waals surface area contributed by atoms with Crippen LogP contribution in [0.25, 0.3) is 0 Å². The van der Waals surface area contributed by atoms with Gasteiger partial charge in [-0.3, -0.25) is 4.79 Å². The molecule has 75 heavy (non-hydrogen) atoms. The number of allylic oxidation sites excluding steroid dienone is 5. The average Bonchev–Trinajstić information content (AvgIpc) is 3.41. The van der Waals surface area contributed by atoms with Gasteiger partial charge in [-0.25, -0.2) is 0 Å². The molecule has 12 atom stereocenters. The van der Waals surface area contributed by atoms with Gasteiger partial charge in [0, 0.05) is 6.42 Å². The van der Waals surface area contributed by atoms with Crippen LogP contribution in [-0.2, 0) is 23.7 Å². The summed E-state index contributed by atoms with van der Waals surface area (Å²) in [7, 11) is 0. The van der Waals surface area contributed by atoms with Crippen molar-refractivity contribution in [2.24, 2.45) is 0 Å². The topological polar surface area (TPSA) is 228 Å². The second-order valence-corrected chi connectivity index (χ2v) is 21.8. The summed E-state index contributed by atoms with van der Waals surface area (Å²) in [5.41, 5.74) is 0. The van der Waals surface area contributed by atoms with E-state index in [4.69, 9.17) is 18.9 Å². The van der Waals surface area contributed by atoms with E-state index < -0.39 is 86.8 Å². The zero-order chi connectivity index (χ0) is 54.6. The highest BCUT2D eigenvalue weighted by molar-refractivity contribution is 5.76. The van der Waals surface area contributed by atoms with Gasteiger partial charge >= 0.3 is 0 Å². The van der Waals surface area contributed by atoms with Crippen molar-refractivity contribution in [2.75, 3.05) is 19.8 Å². The highest BCUT2D eigenvalue weighted by Gasteiger charge is 2.51. The van der Waals surface area contributed by atoms with Gasteiger partial charge in [-0.15, -0.1) is 0 Å². The van der Waals surface area contributed by atoms with E-state index in [1.165, 1.54) is 173 Å². The third-order valence-electron chi connectivity index (χ3n) is 15.1. The predicted octanol–water partition coefficient (Wildman–Crippen LogP) is 10.6. The van der Waals surface area contributed by atoms with Crippen LogP contribution < -0.4 is 5.32 Å². The van der Waals surface area contributed by atoms with Gasteiger partial charge in [0.25, 0.3) is 0 Å². The third kappa shape index (κ3) is 32.8. The Bertz CT molecular complexity index is 1400. The fourth-order valence-electron chi connectivity index (χ4n) is 10.1. The molecule has 14 nitrogen and oxygen atoms in total. The number of amides is 1. The molecule has 2 saturated heterocycles. The van der Waals surface area contributed by atoms with Gasteiger partial charge in [0.15, 0.2) is 12.6 Å². The molecule has 0 spiro atoms. The summed E-state index contributed by atoms with van der Waals surface area (Å²) in [6.45, 7) is 2.78.